The molecular weight excluding hydrogens is 251 g/mol. The molecule has 0 aliphatic carbocycles. The van der Waals surface area contributed by atoms with Crippen molar-refractivity contribution in [2.75, 3.05) is 0 Å². The zero-order chi connectivity index (χ0) is 13.3. The Morgan fingerprint density at radius 3 is 2.39 bits per heavy atom. The molecule has 3 heteroatoms. The molecule has 1 atom stereocenters. The van der Waals surface area contributed by atoms with Gasteiger partial charge >= 0.3 is 0 Å². The van der Waals surface area contributed by atoms with Crippen molar-refractivity contribution in [1.82, 2.24) is 0 Å². The lowest BCUT2D eigenvalue weighted by Gasteiger charge is -2.14. The first-order chi connectivity index (χ1) is 8.49. The molecule has 0 saturated heterocycles. The predicted molar refractivity (Wildman–Crippen MR) is 71.4 cm³/mol. The molecule has 0 fully saturated rings. The average molecular weight is 265 g/mol. The maximum atomic E-state index is 13.7. The number of aryl methyl sites for hydroxylation is 2. The molecule has 0 saturated carbocycles. The molecule has 0 bridgehead atoms. The quantitative estimate of drug-likeness (QED) is 0.863. The van der Waals surface area contributed by atoms with Crippen LogP contribution in [-0.2, 0) is 0 Å². The third-order valence-electron chi connectivity index (χ3n) is 3.10. The van der Waals surface area contributed by atoms with Crippen molar-refractivity contribution in [3.05, 3.63) is 69.5 Å². The summed E-state index contributed by atoms with van der Waals surface area (Å²) in [7, 11) is 0. The second-order valence-corrected chi connectivity index (χ2v) is 4.85. The highest BCUT2D eigenvalue weighted by Crippen LogP contribution is 2.27. The predicted octanol–water partition coefficient (Wildman–Crippen LogP) is 4.18. The van der Waals surface area contributed by atoms with E-state index in [1.54, 1.807) is 12.1 Å². The molecule has 0 spiro atoms. The number of aliphatic hydroxyl groups excluding tert-OH is 1. The van der Waals surface area contributed by atoms with E-state index in [1.807, 2.05) is 26.0 Å². The molecule has 1 unspecified atom stereocenters. The second kappa shape index (κ2) is 5.09. The van der Waals surface area contributed by atoms with Crippen LogP contribution in [0.5, 0.6) is 0 Å². The van der Waals surface area contributed by atoms with Crippen molar-refractivity contribution in [3.63, 3.8) is 0 Å². The largest absolute Gasteiger partial charge is 0.384 e. The Morgan fingerprint density at radius 2 is 1.78 bits per heavy atom. The van der Waals surface area contributed by atoms with E-state index in [-0.39, 0.29) is 5.56 Å². The fraction of sp³-hybridized carbons (Fsp3) is 0.200. The fourth-order valence-electron chi connectivity index (χ4n) is 1.84. The number of hydrogen-bond donors (Lipinski definition) is 1. The van der Waals surface area contributed by atoms with Gasteiger partial charge < -0.3 is 5.11 Å². The van der Waals surface area contributed by atoms with Gasteiger partial charge in [0.25, 0.3) is 0 Å². The monoisotopic (exact) mass is 264 g/mol. The first kappa shape index (κ1) is 13.1. The molecule has 2 aromatic rings. The molecule has 1 nitrogen and oxygen atoms in total. The first-order valence-corrected chi connectivity index (χ1v) is 6.07. The molecule has 0 radical (unpaired) electrons. The Morgan fingerprint density at radius 1 is 1.06 bits per heavy atom. The number of halogens is 2. The lowest BCUT2D eigenvalue weighted by atomic mass is 9.97. The van der Waals surface area contributed by atoms with E-state index in [4.69, 9.17) is 11.6 Å². The van der Waals surface area contributed by atoms with Crippen LogP contribution in [-0.4, -0.2) is 5.11 Å². The van der Waals surface area contributed by atoms with Gasteiger partial charge in [-0.15, -0.1) is 0 Å². The number of rotatable bonds is 2. The fourth-order valence-corrected chi connectivity index (χ4v) is 2.00. The van der Waals surface area contributed by atoms with Crippen molar-refractivity contribution in [2.24, 2.45) is 0 Å². The van der Waals surface area contributed by atoms with Crippen LogP contribution < -0.4 is 0 Å². The molecule has 0 aliphatic heterocycles. The minimum atomic E-state index is -0.971. The van der Waals surface area contributed by atoms with E-state index < -0.39 is 11.9 Å². The van der Waals surface area contributed by atoms with Crippen LogP contribution in [0.15, 0.2) is 36.4 Å². The van der Waals surface area contributed by atoms with Crippen LogP contribution in [0.4, 0.5) is 4.39 Å². The summed E-state index contributed by atoms with van der Waals surface area (Å²) >= 11 is 5.69. The maximum Gasteiger partial charge on any atom is 0.130 e. The van der Waals surface area contributed by atoms with Crippen LogP contribution in [0.25, 0.3) is 0 Å². The topological polar surface area (TPSA) is 20.2 Å². The van der Waals surface area contributed by atoms with Gasteiger partial charge in [0.2, 0.25) is 0 Å². The molecule has 0 aliphatic rings. The summed E-state index contributed by atoms with van der Waals surface area (Å²) in [5.74, 6) is -0.492. The van der Waals surface area contributed by atoms with Gasteiger partial charge in [0, 0.05) is 10.6 Å². The van der Waals surface area contributed by atoms with Gasteiger partial charge in [0.05, 0.1) is 0 Å². The van der Waals surface area contributed by atoms with Gasteiger partial charge in [0.15, 0.2) is 0 Å². The molecular formula is C15H14ClFO. The van der Waals surface area contributed by atoms with E-state index in [1.165, 1.54) is 12.1 Å². The summed E-state index contributed by atoms with van der Waals surface area (Å²) in [5, 5.41) is 10.5. The Labute approximate surface area is 111 Å². The van der Waals surface area contributed by atoms with Gasteiger partial charge in [0.1, 0.15) is 11.9 Å². The lowest BCUT2D eigenvalue weighted by Crippen LogP contribution is -2.03. The Kier molecular flexibility index (Phi) is 3.69. The summed E-state index contributed by atoms with van der Waals surface area (Å²) in [6, 6.07) is 9.89. The van der Waals surface area contributed by atoms with Crippen molar-refractivity contribution in [3.8, 4) is 0 Å². The molecule has 94 valence electrons. The van der Waals surface area contributed by atoms with Crippen molar-refractivity contribution in [2.45, 2.75) is 20.0 Å². The summed E-state index contributed by atoms with van der Waals surface area (Å²) in [5.41, 5.74) is 3.13. The molecule has 1 N–H and O–H groups in total. The van der Waals surface area contributed by atoms with E-state index in [2.05, 4.69) is 0 Å². The molecule has 18 heavy (non-hydrogen) atoms. The smallest absolute Gasteiger partial charge is 0.130 e. The Balaban J connectivity index is 2.41. The highest BCUT2D eigenvalue weighted by molar-refractivity contribution is 6.30. The number of aliphatic hydroxyl groups is 1. The Hall–Kier alpha value is -1.38. The first-order valence-electron chi connectivity index (χ1n) is 5.69. The van der Waals surface area contributed by atoms with Crippen LogP contribution in [0.2, 0.25) is 5.02 Å². The van der Waals surface area contributed by atoms with Gasteiger partial charge in [-0.2, -0.15) is 0 Å². The lowest BCUT2D eigenvalue weighted by molar-refractivity contribution is 0.215. The summed E-state index contributed by atoms with van der Waals surface area (Å²) in [6.07, 6.45) is -0.971. The zero-order valence-electron chi connectivity index (χ0n) is 10.2. The average Bonchev–Trinajstić information content (AvgIpc) is 2.32. The van der Waals surface area contributed by atoms with E-state index in [9.17, 15) is 9.50 Å². The number of hydrogen-bond acceptors (Lipinski definition) is 1. The van der Waals surface area contributed by atoms with Crippen molar-refractivity contribution in [1.29, 1.82) is 0 Å². The Bertz CT molecular complexity index is 581. The standard InChI is InChI=1S/C15H14ClFO/c1-9-3-4-11(7-10(9)2)15(18)13-6-5-12(16)8-14(13)17/h3-8,15,18H,1-2H3. The van der Waals surface area contributed by atoms with Crippen LogP contribution in [0, 0.1) is 19.7 Å². The highest BCUT2D eigenvalue weighted by atomic mass is 35.5. The molecule has 0 aromatic heterocycles. The minimum Gasteiger partial charge on any atom is -0.384 e. The summed E-state index contributed by atoms with van der Waals surface area (Å²) in [6.45, 7) is 3.96. The van der Waals surface area contributed by atoms with Gasteiger partial charge in [-0.25, -0.2) is 4.39 Å². The van der Waals surface area contributed by atoms with Gasteiger partial charge in [-0.1, -0.05) is 35.9 Å². The summed E-state index contributed by atoms with van der Waals surface area (Å²) in [4.78, 5) is 0. The van der Waals surface area contributed by atoms with E-state index >= 15 is 0 Å². The van der Waals surface area contributed by atoms with Crippen molar-refractivity contribution >= 4 is 11.6 Å². The zero-order valence-corrected chi connectivity index (χ0v) is 11.0. The second-order valence-electron chi connectivity index (χ2n) is 4.41. The highest BCUT2D eigenvalue weighted by Gasteiger charge is 2.15. The van der Waals surface area contributed by atoms with E-state index in [0.717, 1.165) is 11.1 Å². The van der Waals surface area contributed by atoms with Crippen LogP contribution >= 0.6 is 11.6 Å². The van der Waals surface area contributed by atoms with Gasteiger partial charge in [-0.05, 0) is 42.7 Å². The molecule has 0 heterocycles. The SMILES string of the molecule is Cc1ccc(C(O)c2ccc(Cl)cc2F)cc1C. The molecule has 0 amide bonds. The normalized spacial score (nSPS) is 12.5. The minimum absolute atomic E-state index is 0.239. The van der Waals surface area contributed by atoms with Crippen molar-refractivity contribution < 1.29 is 9.50 Å². The third kappa shape index (κ3) is 2.55. The number of benzene rings is 2. The third-order valence-corrected chi connectivity index (χ3v) is 3.34. The summed E-state index contributed by atoms with van der Waals surface area (Å²) < 4.78 is 13.7. The van der Waals surface area contributed by atoms with Gasteiger partial charge in [-0.3, -0.25) is 0 Å². The van der Waals surface area contributed by atoms with E-state index in [0.29, 0.717) is 10.6 Å². The maximum absolute atomic E-state index is 13.7. The van der Waals surface area contributed by atoms with Crippen LogP contribution in [0.3, 0.4) is 0 Å². The molecule has 2 aromatic carbocycles. The van der Waals surface area contributed by atoms with Crippen LogP contribution in [0.1, 0.15) is 28.4 Å². The molecule has 2 rings (SSSR count).